The van der Waals surface area contributed by atoms with Crippen LogP contribution in [0, 0.1) is 13.8 Å². The molecule has 1 aliphatic heterocycles. The minimum Gasteiger partial charge on any atom is -0.480 e. The van der Waals surface area contributed by atoms with Gasteiger partial charge in [0.15, 0.2) is 6.10 Å². The van der Waals surface area contributed by atoms with Gasteiger partial charge in [0.2, 0.25) is 0 Å². The topological polar surface area (TPSA) is 71.7 Å². The fourth-order valence-electron chi connectivity index (χ4n) is 2.96. The fraction of sp³-hybridized carbons (Fsp3) is 0.389. The molecule has 2 atom stereocenters. The first kappa shape index (κ1) is 15.6. The number of para-hydroxylation sites is 1. The standard InChI is InChI=1S/C18H21NO4/c1-11-8-14(12(2)22-11)18(3,21)10-19-17(20)16-9-13-6-4-5-7-15(13)23-16/h4-8,16,21H,9-10H2,1-3H3,(H,19,20). The van der Waals surface area contributed by atoms with Gasteiger partial charge in [-0.3, -0.25) is 4.79 Å². The Balaban J connectivity index is 1.62. The first-order chi connectivity index (χ1) is 10.9. The van der Waals surface area contributed by atoms with E-state index >= 15 is 0 Å². The third-order valence-electron chi connectivity index (χ3n) is 4.17. The van der Waals surface area contributed by atoms with Crippen molar-refractivity contribution in [1.82, 2.24) is 5.32 Å². The van der Waals surface area contributed by atoms with Crippen molar-refractivity contribution >= 4 is 5.91 Å². The van der Waals surface area contributed by atoms with E-state index in [1.165, 1.54) is 0 Å². The van der Waals surface area contributed by atoms with Crippen molar-refractivity contribution in [2.45, 2.75) is 38.9 Å². The van der Waals surface area contributed by atoms with Crippen LogP contribution in [0.4, 0.5) is 0 Å². The molecule has 0 saturated carbocycles. The second-order valence-electron chi connectivity index (χ2n) is 6.24. The average Bonchev–Trinajstić information content (AvgIpc) is 3.08. The Bertz CT molecular complexity index is 707. The van der Waals surface area contributed by atoms with Crippen LogP contribution in [-0.2, 0) is 16.8 Å². The van der Waals surface area contributed by atoms with Crippen LogP contribution in [0.3, 0.4) is 0 Å². The van der Waals surface area contributed by atoms with E-state index in [0.29, 0.717) is 17.7 Å². The number of aryl methyl sites for hydroxylation is 2. The van der Waals surface area contributed by atoms with E-state index in [-0.39, 0.29) is 12.5 Å². The Hall–Kier alpha value is -2.27. The van der Waals surface area contributed by atoms with Crippen molar-refractivity contribution in [3.05, 3.63) is 53.0 Å². The van der Waals surface area contributed by atoms with E-state index in [4.69, 9.17) is 9.15 Å². The number of fused-ring (bicyclic) bond motifs is 1. The maximum absolute atomic E-state index is 12.3. The summed E-state index contributed by atoms with van der Waals surface area (Å²) < 4.78 is 11.1. The Morgan fingerprint density at radius 1 is 1.39 bits per heavy atom. The molecular weight excluding hydrogens is 294 g/mol. The van der Waals surface area contributed by atoms with Gasteiger partial charge in [-0.1, -0.05) is 18.2 Å². The zero-order valence-electron chi connectivity index (χ0n) is 13.6. The van der Waals surface area contributed by atoms with Crippen molar-refractivity contribution in [1.29, 1.82) is 0 Å². The first-order valence-electron chi connectivity index (χ1n) is 7.69. The summed E-state index contributed by atoms with van der Waals surface area (Å²) in [5.41, 5.74) is 0.523. The van der Waals surface area contributed by atoms with Crippen molar-refractivity contribution in [2.75, 3.05) is 6.54 Å². The highest BCUT2D eigenvalue weighted by molar-refractivity contribution is 5.82. The number of hydrogen-bond donors (Lipinski definition) is 2. The molecule has 0 bridgehead atoms. The molecule has 122 valence electrons. The minimum absolute atomic E-state index is 0.0991. The second kappa shape index (κ2) is 5.74. The van der Waals surface area contributed by atoms with Gasteiger partial charge in [-0.2, -0.15) is 0 Å². The highest BCUT2D eigenvalue weighted by Gasteiger charge is 2.32. The van der Waals surface area contributed by atoms with Gasteiger partial charge < -0.3 is 19.6 Å². The normalized spacial score (nSPS) is 18.9. The largest absolute Gasteiger partial charge is 0.480 e. The number of nitrogens with one attached hydrogen (secondary N) is 1. The molecule has 1 aromatic carbocycles. The van der Waals surface area contributed by atoms with Crippen LogP contribution in [0.2, 0.25) is 0 Å². The lowest BCUT2D eigenvalue weighted by molar-refractivity contribution is -0.128. The van der Waals surface area contributed by atoms with Crippen molar-refractivity contribution in [3.8, 4) is 5.75 Å². The Morgan fingerprint density at radius 3 is 2.78 bits per heavy atom. The van der Waals surface area contributed by atoms with Crippen molar-refractivity contribution in [2.24, 2.45) is 0 Å². The summed E-state index contributed by atoms with van der Waals surface area (Å²) in [6, 6.07) is 9.42. The average molecular weight is 315 g/mol. The summed E-state index contributed by atoms with van der Waals surface area (Å²) in [4.78, 5) is 12.3. The van der Waals surface area contributed by atoms with E-state index < -0.39 is 11.7 Å². The smallest absolute Gasteiger partial charge is 0.261 e. The summed E-state index contributed by atoms with van der Waals surface area (Å²) in [6.45, 7) is 5.39. The molecule has 2 aromatic rings. The van der Waals surface area contributed by atoms with Gasteiger partial charge in [0.1, 0.15) is 22.9 Å². The van der Waals surface area contributed by atoms with Gasteiger partial charge in [-0.05, 0) is 38.5 Å². The lowest BCUT2D eigenvalue weighted by atomic mass is 9.96. The summed E-state index contributed by atoms with van der Waals surface area (Å²) in [5, 5.41) is 13.4. The molecule has 0 fully saturated rings. The quantitative estimate of drug-likeness (QED) is 0.907. The number of rotatable bonds is 4. The predicted molar refractivity (Wildman–Crippen MR) is 85.3 cm³/mol. The Morgan fingerprint density at radius 2 is 2.13 bits per heavy atom. The molecule has 0 aliphatic carbocycles. The lowest BCUT2D eigenvalue weighted by Crippen LogP contribution is -2.44. The number of hydrogen-bond acceptors (Lipinski definition) is 4. The van der Waals surface area contributed by atoms with E-state index in [1.54, 1.807) is 19.9 Å². The molecule has 3 rings (SSSR count). The SMILES string of the molecule is Cc1cc(C(C)(O)CNC(=O)C2Cc3ccccc3O2)c(C)o1. The van der Waals surface area contributed by atoms with Gasteiger partial charge in [0, 0.05) is 12.0 Å². The van der Waals surface area contributed by atoms with Crippen LogP contribution >= 0.6 is 0 Å². The molecule has 0 radical (unpaired) electrons. The number of carbonyl (C=O) groups is 1. The molecule has 2 heterocycles. The number of benzene rings is 1. The Kier molecular flexibility index (Phi) is 3.90. The van der Waals surface area contributed by atoms with Gasteiger partial charge >= 0.3 is 0 Å². The molecule has 2 N–H and O–H groups in total. The van der Waals surface area contributed by atoms with E-state index in [0.717, 1.165) is 17.1 Å². The summed E-state index contributed by atoms with van der Waals surface area (Å²) in [7, 11) is 0. The molecule has 0 spiro atoms. The Labute approximate surface area is 135 Å². The zero-order chi connectivity index (χ0) is 16.6. The van der Waals surface area contributed by atoms with Gasteiger partial charge in [-0.15, -0.1) is 0 Å². The van der Waals surface area contributed by atoms with Crippen LogP contribution in [-0.4, -0.2) is 23.7 Å². The van der Waals surface area contributed by atoms with E-state index in [2.05, 4.69) is 5.32 Å². The molecule has 5 heteroatoms. The maximum Gasteiger partial charge on any atom is 0.261 e. The van der Waals surface area contributed by atoms with Gasteiger partial charge in [0.05, 0.1) is 6.54 Å². The third-order valence-corrected chi connectivity index (χ3v) is 4.17. The van der Waals surface area contributed by atoms with E-state index in [1.807, 2.05) is 31.2 Å². The molecule has 0 saturated heterocycles. The number of furan rings is 1. The molecule has 5 nitrogen and oxygen atoms in total. The molecule has 23 heavy (non-hydrogen) atoms. The molecule has 1 aliphatic rings. The van der Waals surface area contributed by atoms with Crippen LogP contribution in [0.1, 0.15) is 29.6 Å². The number of amides is 1. The van der Waals surface area contributed by atoms with Crippen molar-refractivity contribution < 1.29 is 19.1 Å². The summed E-state index contributed by atoms with van der Waals surface area (Å²) >= 11 is 0. The summed E-state index contributed by atoms with van der Waals surface area (Å²) in [6.07, 6.45) is 0.00366. The van der Waals surface area contributed by atoms with Gasteiger partial charge in [-0.25, -0.2) is 0 Å². The maximum atomic E-state index is 12.3. The van der Waals surface area contributed by atoms with Crippen LogP contribution in [0.5, 0.6) is 5.75 Å². The number of carbonyl (C=O) groups excluding carboxylic acids is 1. The fourth-order valence-corrected chi connectivity index (χ4v) is 2.96. The van der Waals surface area contributed by atoms with Gasteiger partial charge in [0.25, 0.3) is 5.91 Å². The highest BCUT2D eigenvalue weighted by atomic mass is 16.5. The molecule has 1 aromatic heterocycles. The third kappa shape index (κ3) is 3.10. The van der Waals surface area contributed by atoms with Crippen LogP contribution in [0.15, 0.2) is 34.7 Å². The number of ether oxygens (including phenoxy) is 1. The number of aliphatic hydroxyl groups is 1. The minimum atomic E-state index is -1.19. The lowest BCUT2D eigenvalue weighted by Gasteiger charge is -2.24. The predicted octanol–water partition coefficient (Wildman–Crippen LogP) is 2.22. The summed E-state index contributed by atoms with van der Waals surface area (Å²) in [5.74, 6) is 1.92. The van der Waals surface area contributed by atoms with Crippen LogP contribution in [0.25, 0.3) is 0 Å². The van der Waals surface area contributed by atoms with E-state index in [9.17, 15) is 9.90 Å². The first-order valence-corrected chi connectivity index (χ1v) is 7.69. The molecular formula is C18H21NO4. The van der Waals surface area contributed by atoms with Crippen molar-refractivity contribution in [3.63, 3.8) is 0 Å². The highest BCUT2D eigenvalue weighted by Crippen LogP contribution is 2.29. The monoisotopic (exact) mass is 315 g/mol. The zero-order valence-corrected chi connectivity index (χ0v) is 13.6. The molecule has 2 unspecified atom stereocenters. The van der Waals surface area contributed by atoms with Crippen LogP contribution < -0.4 is 10.1 Å². The second-order valence-corrected chi connectivity index (χ2v) is 6.24. The molecule has 1 amide bonds.